The van der Waals surface area contributed by atoms with Gasteiger partial charge in [-0.1, -0.05) is 17.2 Å². The number of hydrogen-bond acceptors (Lipinski definition) is 7. The summed E-state index contributed by atoms with van der Waals surface area (Å²) in [4.78, 5) is 37.1. The third-order valence-electron chi connectivity index (χ3n) is 8.32. The van der Waals surface area contributed by atoms with Crippen LogP contribution < -0.4 is 4.74 Å². The summed E-state index contributed by atoms with van der Waals surface area (Å²) in [6, 6.07) is 15.0. The van der Waals surface area contributed by atoms with Crippen LogP contribution in [0.1, 0.15) is 49.9 Å². The number of halogens is 3. The summed E-state index contributed by atoms with van der Waals surface area (Å²) in [6.07, 6.45) is 6.91. The zero-order valence-corrected chi connectivity index (χ0v) is 29.5. The molecular formula is C36H33F2IN6O5. The lowest BCUT2D eigenvalue weighted by molar-refractivity contribution is -0.146. The Bertz CT molecular complexity index is 2100. The number of aromatic amines is 2. The molecule has 0 saturated carbocycles. The van der Waals surface area contributed by atoms with E-state index in [-0.39, 0.29) is 29.4 Å². The first-order chi connectivity index (χ1) is 24.0. The van der Waals surface area contributed by atoms with Gasteiger partial charge < -0.3 is 24.2 Å². The molecule has 3 aromatic carbocycles. The molecular weight excluding hydrogens is 761 g/mol. The van der Waals surface area contributed by atoms with Crippen LogP contribution in [0.5, 0.6) is 11.5 Å². The average molecular weight is 795 g/mol. The van der Waals surface area contributed by atoms with E-state index < -0.39 is 35.1 Å². The summed E-state index contributed by atoms with van der Waals surface area (Å²) in [6.45, 7) is 3.37. The molecule has 0 spiro atoms. The molecule has 2 aromatic heterocycles. The average Bonchev–Trinajstić information content (AvgIpc) is 3.78. The number of imidazole rings is 1. The Hall–Kier alpha value is -5.21. The molecule has 14 heteroatoms. The number of H-pyrrole nitrogens is 2. The van der Waals surface area contributed by atoms with Gasteiger partial charge in [-0.2, -0.15) is 0 Å². The zero-order valence-electron chi connectivity index (χ0n) is 27.4. The number of hydrogen-bond donors (Lipinski definition) is 2. The number of carbonyl (C=O) groups excluding carboxylic acids is 2. The number of ether oxygens (including phenoxy) is 3. The van der Waals surface area contributed by atoms with Crippen molar-refractivity contribution in [1.82, 2.24) is 15.0 Å². The molecule has 0 saturated heterocycles. The minimum Gasteiger partial charge on any atom is -0.466 e. The second kappa shape index (κ2) is 16.0. The summed E-state index contributed by atoms with van der Waals surface area (Å²) in [5, 5.41) is 4.19. The Morgan fingerprint density at radius 3 is 2.72 bits per heavy atom. The van der Waals surface area contributed by atoms with Gasteiger partial charge >= 0.3 is 11.9 Å². The maximum Gasteiger partial charge on any atom is 0.330 e. The quantitative estimate of drug-likeness (QED) is 0.0285. The highest BCUT2D eigenvalue weighted by molar-refractivity contribution is 14.1. The van der Waals surface area contributed by atoms with Gasteiger partial charge in [0.05, 0.1) is 19.2 Å². The molecule has 50 heavy (non-hydrogen) atoms. The van der Waals surface area contributed by atoms with Crippen LogP contribution in [0.3, 0.4) is 0 Å². The number of fused-ring (bicyclic) bond motifs is 1. The summed E-state index contributed by atoms with van der Waals surface area (Å²) in [5.41, 5.74) is 10.7. The van der Waals surface area contributed by atoms with Crippen molar-refractivity contribution >= 4 is 51.5 Å². The van der Waals surface area contributed by atoms with Crippen LogP contribution in [-0.2, 0) is 24.5 Å². The number of esters is 2. The Labute approximate surface area is 299 Å². The summed E-state index contributed by atoms with van der Waals surface area (Å²) in [7, 11) is 1.24. The molecule has 0 fully saturated rings. The number of methoxy groups -OCH3 is 1. The van der Waals surface area contributed by atoms with Crippen molar-refractivity contribution in [3.8, 4) is 22.9 Å². The zero-order chi connectivity index (χ0) is 35.8. The summed E-state index contributed by atoms with van der Waals surface area (Å²) in [5.74, 6) is -2.16. The molecule has 258 valence electrons. The molecule has 2 unspecified atom stereocenters. The Morgan fingerprint density at radius 2 is 1.98 bits per heavy atom. The van der Waals surface area contributed by atoms with E-state index in [9.17, 15) is 9.59 Å². The van der Waals surface area contributed by atoms with Gasteiger partial charge in [0.25, 0.3) is 0 Å². The van der Waals surface area contributed by atoms with Gasteiger partial charge in [-0.3, -0.25) is 4.79 Å². The van der Waals surface area contributed by atoms with Gasteiger partial charge in [0.2, 0.25) is 0 Å². The normalized spacial score (nSPS) is 13.1. The number of nitrogens with zero attached hydrogens (tertiary/aromatic N) is 4. The molecule has 0 aliphatic rings. The molecule has 11 nitrogen and oxygen atoms in total. The number of carbonyl (C=O) groups is 2. The number of rotatable bonds is 14. The highest BCUT2D eigenvalue weighted by Crippen LogP contribution is 2.40. The Balaban J connectivity index is 1.47. The molecule has 0 aliphatic carbocycles. The SMILES string of the molecule is COC(=O)/C=C/c1c(Oc2ccc(F)c(-c3ncc(C(C)(CCCC(CN=[N+]=[N-])OC(C)=O)c4cccc(I)c4)[nH]3)c2)c(F)cc2[nH]ccc12. The van der Waals surface area contributed by atoms with Crippen molar-refractivity contribution in [2.24, 2.45) is 5.11 Å². The molecule has 5 rings (SSSR count). The van der Waals surface area contributed by atoms with E-state index in [1.807, 2.05) is 25.1 Å². The number of aromatic nitrogens is 3. The van der Waals surface area contributed by atoms with E-state index >= 15 is 8.78 Å². The standard InChI is InChI=1S/C36H33F2IN6O5/c1-21(46)49-25(19-43-45-40)8-5-14-36(2,22-6-4-7-23(39)16-22)32-20-42-35(44-32)28-17-24(9-11-29(28)37)50-34-27(10-12-33(47)48-3)26-13-15-41-31(26)18-30(34)38/h4,6-7,9-13,15-18,20,25,41H,5,8,14,19H2,1-3H3,(H,42,44)/b12-10+. The Kier molecular flexibility index (Phi) is 11.5. The molecule has 2 heterocycles. The second-order valence-corrected chi connectivity index (χ2v) is 12.9. The number of nitrogens with one attached hydrogen (secondary N) is 2. The maximum absolute atomic E-state index is 15.4. The fraction of sp³-hybridized carbons (Fsp3) is 0.250. The monoisotopic (exact) mass is 794 g/mol. The molecule has 5 aromatic rings. The van der Waals surface area contributed by atoms with E-state index in [1.165, 1.54) is 44.4 Å². The minimum atomic E-state index is -0.695. The fourth-order valence-corrected chi connectivity index (χ4v) is 6.32. The predicted molar refractivity (Wildman–Crippen MR) is 192 cm³/mol. The van der Waals surface area contributed by atoms with E-state index in [4.69, 9.17) is 19.7 Å². The van der Waals surface area contributed by atoms with Crippen LogP contribution in [0.4, 0.5) is 8.78 Å². The van der Waals surface area contributed by atoms with Gasteiger partial charge in [-0.15, -0.1) is 0 Å². The number of benzene rings is 3. The van der Waals surface area contributed by atoms with Crippen LogP contribution in [-0.4, -0.2) is 46.6 Å². The topological polar surface area (TPSA) is 155 Å². The van der Waals surface area contributed by atoms with Crippen molar-refractivity contribution in [3.05, 3.63) is 116 Å². The third kappa shape index (κ3) is 8.32. The van der Waals surface area contributed by atoms with Gasteiger partial charge in [0.15, 0.2) is 11.6 Å². The van der Waals surface area contributed by atoms with Crippen LogP contribution in [0, 0.1) is 15.2 Å². The summed E-state index contributed by atoms with van der Waals surface area (Å²) < 4.78 is 47.9. The van der Waals surface area contributed by atoms with Gasteiger partial charge in [-0.05, 0) is 102 Å². The van der Waals surface area contributed by atoms with Crippen LogP contribution in [0.25, 0.3) is 38.8 Å². The van der Waals surface area contributed by atoms with Crippen LogP contribution in [0.2, 0.25) is 0 Å². The fourth-order valence-electron chi connectivity index (χ4n) is 5.77. The summed E-state index contributed by atoms with van der Waals surface area (Å²) >= 11 is 2.24. The second-order valence-electron chi connectivity index (χ2n) is 11.7. The van der Waals surface area contributed by atoms with Gasteiger partial charge in [0, 0.05) is 67.5 Å². The number of azide groups is 1. The first-order valence-electron chi connectivity index (χ1n) is 15.6. The molecule has 2 N–H and O–H groups in total. The first kappa shape index (κ1) is 36.1. The van der Waals surface area contributed by atoms with Crippen LogP contribution in [0.15, 0.2) is 78.2 Å². The largest absolute Gasteiger partial charge is 0.466 e. The Morgan fingerprint density at radius 1 is 1.16 bits per heavy atom. The van der Waals surface area contributed by atoms with E-state index in [2.05, 4.69) is 53.6 Å². The molecule has 2 atom stereocenters. The highest BCUT2D eigenvalue weighted by atomic mass is 127. The molecule has 0 amide bonds. The van der Waals surface area contributed by atoms with Crippen molar-refractivity contribution in [2.75, 3.05) is 13.7 Å². The van der Waals surface area contributed by atoms with Crippen molar-refractivity contribution in [3.63, 3.8) is 0 Å². The lowest BCUT2D eigenvalue weighted by atomic mass is 9.75. The van der Waals surface area contributed by atoms with Crippen molar-refractivity contribution < 1.29 is 32.6 Å². The van der Waals surface area contributed by atoms with Gasteiger partial charge in [-0.25, -0.2) is 18.6 Å². The molecule has 0 aliphatic heterocycles. The highest BCUT2D eigenvalue weighted by Gasteiger charge is 2.32. The third-order valence-corrected chi connectivity index (χ3v) is 8.99. The van der Waals surface area contributed by atoms with E-state index in [0.717, 1.165) is 15.2 Å². The van der Waals surface area contributed by atoms with Crippen molar-refractivity contribution in [1.29, 1.82) is 0 Å². The van der Waals surface area contributed by atoms with Gasteiger partial charge in [0.1, 0.15) is 23.5 Å². The molecule has 0 bridgehead atoms. The predicted octanol–water partition coefficient (Wildman–Crippen LogP) is 9.14. The lowest BCUT2D eigenvalue weighted by Gasteiger charge is -2.30. The first-order valence-corrected chi connectivity index (χ1v) is 16.6. The maximum atomic E-state index is 15.4. The smallest absolute Gasteiger partial charge is 0.330 e. The van der Waals surface area contributed by atoms with E-state index in [1.54, 1.807) is 18.5 Å². The van der Waals surface area contributed by atoms with Crippen molar-refractivity contribution in [2.45, 2.75) is 44.6 Å². The van der Waals surface area contributed by atoms with Crippen LogP contribution >= 0.6 is 22.6 Å². The minimum absolute atomic E-state index is 0.0218. The lowest BCUT2D eigenvalue weighted by Crippen LogP contribution is -2.26. The molecule has 0 radical (unpaired) electrons. The van der Waals surface area contributed by atoms with E-state index in [0.29, 0.717) is 41.4 Å².